The highest BCUT2D eigenvalue weighted by Gasteiger charge is 2.13. The lowest BCUT2D eigenvalue weighted by molar-refractivity contribution is 0.626. The van der Waals surface area contributed by atoms with E-state index in [0.717, 1.165) is 41.7 Å². The smallest absolute Gasteiger partial charge is 0.191 e. The Bertz CT molecular complexity index is 727. The van der Waals surface area contributed by atoms with Crippen LogP contribution in [0, 0.1) is 0 Å². The molecule has 3 rings (SSSR count). The summed E-state index contributed by atoms with van der Waals surface area (Å²) < 4.78 is 2.20. The van der Waals surface area contributed by atoms with E-state index in [2.05, 4.69) is 43.8 Å². The molecule has 0 radical (unpaired) electrons. The quantitative estimate of drug-likeness (QED) is 0.623. The maximum atomic E-state index is 4.39. The number of nitrogens with zero attached hydrogens (tertiary/aromatic N) is 5. The molecule has 5 nitrogen and oxygen atoms in total. The highest BCUT2D eigenvalue weighted by atomic mass is 32.2. The van der Waals surface area contributed by atoms with Gasteiger partial charge in [-0.1, -0.05) is 18.7 Å². The fourth-order valence-corrected chi connectivity index (χ4v) is 3.30. The first-order valence-electron chi connectivity index (χ1n) is 7.73. The van der Waals surface area contributed by atoms with Gasteiger partial charge < -0.3 is 4.57 Å². The monoisotopic (exact) mass is 325 g/mol. The van der Waals surface area contributed by atoms with Gasteiger partial charge in [0.25, 0.3) is 0 Å². The Morgan fingerprint density at radius 3 is 2.35 bits per heavy atom. The molecule has 0 fully saturated rings. The largest absolute Gasteiger partial charge is 0.302 e. The topological polar surface area (TPSA) is 56.5 Å². The molecule has 118 valence electrons. The van der Waals surface area contributed by atoms with Crippen molar-refractivity contribution in [1.82, 2.24) is 24.7 Å². The van der Waals surface area contributed by atoms with Crippen LogP contribution in [0.4, 0.5) is 0 Å². The summed E-state index contributed by atoms with van der Waals surface area (Å²) in [5, 5.41) is 9.75. The lowest BCUT2D eigenvalue weighted by Crippen LogP contribution is -2.02. The predicted octanol–water partition coefficient (Wildman–Crippen LogP) is 3.48. The summed E-state index contributed by atoms with van der Waals surface area (Å²) in [5.41, 5.74) is 2.35. The van der Waals surface area contributed by atoms with E-state index in [1.807, 2.05) is 24.5 Å². The van der Waals surface area contributed by atoms with Crippen LogP contribution in [-0.4, -0.2) is 30.5 Å². The van der Waals surface area contributed by atoms with E-state index in [9.17, 15) is 0 Å². The zero-order valence-electron chi connectivity index (χ0n) is 13.1. The minimum atomic E-state index is 0.917. The average Bonchev–Trinajstić information content (AvgIpc) is 3.00. The van der Waals surface area contributed by atoms with Gasteiger partial charge in [0, 0.05) is 42.6 Å². The summed E-state index contributed by atoms with van der Waals surface area (Å²) in [7, 11) is 0. The van der Waals surface area contributed by atoms with Gasteiger partial charge in [0.2, 0.25) is 0 Å². The minimum Gasteiger partial charge on any atom is -0.302 e. The Labute approximate surface area is 140 Å². The fraction of sp³-hybridized carbons (Fsp3) is 0.294. The van der Waals surface area contributed by atoms with Crippen molar-refractivity contribution in [2.45, 2.75) is 31.5 Å². The van der Waals surface area contributed by atoms with Crippen LogP contribution in [0.25, 0.3) is 11.4 Å². The molecule has 0 amide bonds. The number of hydrogen-bond donors (Lipinski definition) is 0. The van der Waals surface area contributed by atoms with Crippen molar-refractivity contribution in [3.8, 4) is 11.4 Å². The molecule has 23 heavy (non-hydrogen) atoms. The molecular formula is C17H19N5S. The van der Waals surface area contributed by atoms with Crippen molar-refractivity contribution in [3.05, 3.63) is 54.6 Å². The van der Waals surface area contributed by atoms with Gasteiger partial charge in [0.1, 0.15) is 0 Å². The molecule has 0 bridgehead atoms. The van der Waals surface area contributed by atoms with Gasteiger partial charge in [0.15, 0.2) is 11.0 Å². The zero-order valence-corrected chi connectivity index (χ0v) is 13.9. The van der Waals surface area contributed by atoms with E-state index in [0.29, 0.717) is 0 Å². The van der Waals surface area contributed by atoms with E-state index in [-0.39, 0.29) is 0 Å². The van der Waals surface area contributed by atoms with E-state index in [1.165, 1.54) is 5.56 Å². The summed E-state index contributed by atoms with van der Waals surface area (Å²) in [6.07, 6.45) is 9.29. The van der Waals surface area contributed by atoms with Crippen molar-refractivity contribution in [3.63, 3.8) is 0 Å². The molecule has 0 aliphatic heterocycles. The van der Waals surface area contributed by atoms with Gasteiger partial charge in [-0.25, -0.2) is 0 Å². The van der Waals surface area contributed by atoms with E-state index >= 15 is 0 Å². The fourth-order valence-electron chi connectivity index (χ4n) is 2.34. The molecule has 0 aliphatic carbocycles. The first kappa shape index (κ1) is 15.7. The molecule has 3 aromatic rings. The van der Waals surface area contributed by atoms with Gasteiger partial charge in [-0.2, -0.15) is 0 Å². The molecule has 0 unspecified atom stereocenters. The van der Waals surface area contributed by atoms with Crippen molar-refractivity contribution in [2.75, 3.05) is 5.75 Å². The van der Waals surface area contributed by atoms with Gasteiger partial charge >= 0.3 is 0 Å². The Kier molecular flexibility index (Phi) is 5.37. The van der Waals surface area contributed by atoms with Crippen LogP contribution >= 0.6 is 11.8 Å². The second-order valence-corrected chi connectivity index (χ2v) is 6.21. The van der Waals surface area contributed by atoms with Crippen LogP contribution in [0.1, 0.15) is 18.9 Å². The third-order valence-corrected chi connectivity index (χ3v) is 4.44. The first-order chi connectivity index (χ1) is 11.4. The van der Waals surface area contributed by atoms with Gasteiger partial charge in [0.05, 0.1) is 0 Å². The molecule has 0 aromatic carbocycles. The highest BCUT2D eigenvalue weighted by molar-refractivity contribution is 7.99. The molecule has 6 heteroatoms. The molecule has 0 saturated carbocycles. The van der Waals surface area contributed by atoms with Crippen LogP contribution in [0.5, 0.6) is 0 Å². The zero-order chi connectivity index (χ0) is 15.9. The first-order valence-corrected chi connectivity index (χ1v) is 8.72. The number of rotatable bonds is 7. The van der Waals surface area contributed by atoms with Crippen LogP contribution in [-0.2, 0) is 13.0 Å². The summed E-state index contributed by atoms with van der Waals surface area (Å²) in [6, 6.07) is 8.06. The summed E-state index contributed by atoms with van der Waals surface area (Å²) in [6.45, 7) is 3.09. The summed E-state index contributed by atoms with van der Waals surface area (Å²) in [5.74, 6) is 1.89. The average molecular weight is 325 g/mol. The lowest BCUT2D eigenvalue weighted by Gasteiger charge is -2.08. The number of aryl methyl sites for hydroxylation is 1. The standard InChI is InChI=1S/C17H19N5S/c1-2-12-22-16(15-5-10-19-11-6-15)20-21-17(22)23-13-7-14-3-8-18-9-4-14/h3-6,8-11H,2,7,12-13H2,1H3. The number of pyridine rings is 2. The second-order valence-electron chi connectivity index (χ2n) is 5.15. The normalized spacial score (nSPS) is 10.8. The summed E-state index contributed by atoms with van der Waals surface area (Å²) in [4.78, 5) is 8.12. The number of thioether (sulfide) groups is 1. The van der Waals surface area contributed by atoms with Crippen LogP contribution in [0.2, 0.25) is 0 Å². The van der Waals surface area contributed by atoms with Crippen molar-refractivity contribution in [2.24, 2.45) is 0 Å². The van der Waals surface area contributed by atoms with Crippen LogP contribution in [0.3, 0.4) is 0 Å². The van der Waals surface area contributed by atoms with Crippen LogP contribution in [0.15, 0.2) is 54.2 Å². The SMILES string of the molecule is CCCn1c(SCCc2ccncc2)nnc1-c1ccncc1. The molecule has 0 saturated heterocycles. The Balaban J connectivity index is 1.73. The van der Waals surface area contributed by atoms with Crippen molar-refractivity contribution in [1.29, 1.82) is 0 Å². The van der Waals surface area contributed by atoms with Crippen LogP contribution < -0.4 is 0 Å². The van der Waals surface area contributed by atoms with Gasteiger partial charge in [-0.15, -0.1) is 10.2 Å². The molecular weight excluding hydrogens is 306 g/mol. The van der Waals surface area contributed by atoms with Crippen molar-refractivity contribution < 1.29 is 0 Å². The van der Waals surface area contributed by atoms with E-state index in [1.54, 1.807) is 24.2 Å². The third kappa shape index (κ3) is 3.96. The number of hydrogen-bond acceptors (Lipinski definition) is 5. The maximum Gasteiger partial charge on any atom is 0.191 e. The minimum absolute atomic E-state index is 0.917. The molecule has 0 aliphatic rings. The molecule has 3 aromatic heterocycles. The lowest BCUT2D eigenvalue weighted by atomic mass is 10.2. The Morgan fingerprint density at radius 2 is 1.65 bits per heavy atom. The molecule has 0 N–H and O–H groups in total. The maximum absolute atomic E-state index is 4.39. The number of aromatic nitrogens is 5. The third-order valence-electron chi connectivity index (χ3n) is 3.47. The predicted molar refractivity (Wildman–Crippen MR) is 92.2 cm³/mol. The van der Waals surface area contributed by atoms with Gasteiger partial charge in [-0.3, -0.25) is 9.97 Å². The molecule has 0 atom stereocenters. The molecule has 3 heterocycles. The van der Waals surface area contributed by atoms with Crippen molar-refractivity contribution >= 4 is 11.8 Å². The Morgan fingerprint density at radius 1 is 0.957 bits per heavy atom. The van der Waals surface area contributed by atoms with E-state index < -0.39 is 0 Å². The second kappa shape index (κ2) is 7.87. The van der Waals surface area contributed by atoms with E-state index in [4.69, 9.17) is 0 Å². The summed E-state index contributed by atoms with van der Waals surface area (Å²) >= 11 is 1.75. The van der Waals surface area contributed by atoms with Gasteiger partial charge in [-0.05, 0) is 42.7 Å². The Hall–Kier alpha value is -2.21. The molecule has 0 spiro atoms. The highest BCUT2D eigenvalue weighted by Crippen LogP contribution is 2.24.